The van der Waals surface area contributed by atoms with Crippen LogP contribution in [0.3, 0.4) is 0 Å². The number of para-hydroxylation sites is 1. The van der Waals surface area contributed by atoms with E-state index in [-0.39, 0.29) is 6.04 Å². The lowest BCUT2D eigenvalue weighted by Crippen LogP contribution is -2.18. The van der Waals surface area contributed by atoms with Crippen LogP contribution in [0.5, 0.6) is 11.5 Å². The molecule has 0 spiro atoms. The van der Waals surface area contributed by atoms with E-state index in [0.29, 0.717) is 0 Å². The molecule has 0 amide bonds. The number of nitrogens with one attached hydrogen (secondary N) is 1. The van der Waals surface area contributed by atoms with Crippen LogP contribution in [0.15, 0.2) is 46.9 Å². The number of benzene rings is 2. The first-order valence-electron chi connectivity index (χ1n) is 8.06. The van der Waals surface area contributed by atoms with Gasteiger partial charge in [-0.3, -0.25) is 0 Å². The third-order valence-corrected chi connectivity index (χ3v) is 4.33. The monoisotopic (exact) mass is 325 g/mol. The molecule has 0 radical (unpaired) electrons. The number of methoxy groups -OCH3 is 2. The summed E-state index contributed by atoms with van der Waals surface area (Å²) >= 11 is 0. The van der Waals surface area contributed by atoms with Crippen LogP contribution in [-0.4, -0.2) is 14.2 Å². The summed E-state index contributed by atoms with van der Waals surface area (Å²) in [6.07, 6.45) is 0. The van der Waals surface area contributed by atoms with Crippen LogP contribution in [0.4, 0.5) is 0 Å². The molecule has 0 fully saturated rings. The molecule has 1 unspecified atom stereocenters. The third-order valence-electron chi connectivity index (χ3n) is 4.33. The molecule has 3 rings (SSSR count). The average Bonchev–Trinajstić information content (AvgIpc) is 2.96. The summed E-state index contributed by atoms with van der Waals surface area (Å²) in [4.78, 5) is 0. The predicted octanol–water partition coefficient (Wildman–Crippen LogP) is 4.61. The van der Waals surface area contributed by atoms with Crippen molar-refractivity contribution in [2.75, 3.05) is 14.2 Å². The summed E-state index contributed by atoms with van der Waals surface area (Å²) in [7, 11) is 3.29. The van der Waals surface area contributed by atoms with Crippen LogP contribution in [0.1, 0.15) is 29.9 Å². The van der Waals surface area contributed by atoms with Crippen molar-refractivity contribution in [2.24, 2.45) is 0 Å². The first-order valence-corrected chi connectivity index (χ1v) is 8.06. The maximum atomic E-state index is 6.02. The summed E-state index contributed by atoms with van der Waals surface area (Å²) in [6, 6.07) is 14.2. The topological polar surface area (TPSA) is 43.6 Å². The van der Waals surface area contributed by atoms with Gasteiger partial charge in [-0.1, -0.05) is 24.3 Å². The molecule has 2 aromatic carbocycles. The van der Waals surface area contributed by atoms with Crippen molar-refractivity contribution in [3.05, 3.63) is 59.4 Å². The largest absolute Gasteiger partial charge is 0.493 e. The minimum atomic E-state index is 0.116. The van der Waals surface area contributed by atoms with E-state index in [1.807, 2.05) is 36.4 Å². The van der Waals surface area contributed by atoms with Crippen LogP contribution in [0.2, 0.25) is 0 Å². The quantitative estimate of drug-likeness (QED) is 0.719. The number of fused-ring (bicyclic) bond motifs is 1. The highest BCUT2D eigenvalue weighted by Crippen LogP contribution is 2.30. The molecule has 1 N–H and O–H groups in total. The number of hydrogen-bond acceptors (Lipinski definition) is 4. The molecule has 24 heavy (non-hydrogen) atoms. The molecule has 0 saturated heterocycles. The minimum Gasteiger partial charge on any atom is -0.493 e. The molecular weight excluding hydrogens is 302 g/mol. The van der Waals surface area contributed by atoms with Gasteiger partial charge in [-0.15, -0.1) is 0 Å². The number of ether oxygens (including phenoxy) is 2. The fraction of sp³-hybridized carbons (Fsp3) is 0.300. The zero-order chi connectivity index (χ0) is 17.1. The van der Waals surface area contributed by atoms with Gasteiger partial charge in [0.2, 0.25) is 0 Å². The summed E-state index contributed by atoms with van der Waals surface area (Å²) in [5.41, 5.74) is 3.26. The lowest BCUT2D eigenvalue weighted by molar-refractivity contribution is 0.354. The van der Waals surface area contributed by atoms with E-state index in [2.05, 4.69) is 25.2 Å². The van der Waals surface area contributed by atoms with Crippen molar-refractivity contribution in [3.8, 4) is 11.5 Å². The second-order valence-electron chi connectivity index (χ2n) is 5.88. The van der Waals surface area contributed by atoms with E-state index in [9.17, 15) is 0 Å². The van der Waals surface area contributed by atoms with Crippen LogP contribution >= 0.6 is 0 Å². The van der Waals surface area contributed by atoms with Gasteiger partial charge in [0.1, 0.15) is 11.3 Å². The SMILES string of the molecule is COc1ccc(CNC(C)c2oc3ccccc3c2C)cc1OC. The van der Waals surface area contributed by atoms with Gasteiger partial charge in [-0.2, -0.15) is 0 Å². The summed E-state index contributed by atoms with van der Waals surface area (Å²) in [5, 5.41) is 4.69. The van der Waals surface area contributed by atoms with Gasteiger partial charge in [0, 0.05) is 11.9 Å². The smallest absolute Gasteiger partial charge is 0.161 e. The molecule has 0 aliphatic rings. The minimum absolute atomic E-state index is 0.116. The summed E-state index contributed by atoms with van der Waals surface area (Å²) < 4.78 is 16.7. The zero-order valence-electron chi connectivity index (χ0n) is 14.6. The second-order valence-corrected chi connectivity index (χ2v) is 5.88. The Morgan fingerprint density at radius 1 is 1.04 bits per heavy atom. The van der Waals surface area contributed by atoms with Crippen LogP contribution < -0.4 is 14.8 Å². The highest BCUT2D eigenvalue weighted by Gasteiger charge is 2.16. The van der Waals surface area contributed by atoms with Gasteiger partial charge in [0.15, 0.2) is 11.5 Å². The fourth-order valence-corrected chi connectivity index (χ4v) is 2.96. The van der Waals surface area contributed by atoms with Crippen molar-refractivity contribution in [1.29, 1.82) is 0 Å². The first kappa shape index (κ1) is 16.4. The van der Waals surface area contributed by atoms with Crippen LogP contribution in [0.25, 0.3) is 11.0 Å². The molecule has 3 aromatic rings. The Balaban J connectivity index is 1.75. The molecule has 126 valence electrons. The van der Waals surface area contributed by atoms with Gasteiger partial charge in [0.05, 0.1) is 20.3 Å². The Labute approximate surface area is 142 Å². The van der Waals surface area contributed by atoms with Gasteiger partial charge in [-0.25, -0.2) is 0 Å². The van der Waals surface area contributed by atoms with E-state index < -0.39 is 0 Å². The van der Waals surface area contributed by atoms with Crippen molar-refractivity contribution in [2.45, 2.75) is 26.4 Å². The Morgan fingerprint density at radius 3 is 2.50 bits per heavy atom. The lowest BCUT2D eigenvalue weighted by Gasteiger charge is -2.14. The summed E-state index contributed by atoms with van der Waals surface area (Å²) in [5.74, 6) is 2.46. The summed E-state index contributed by atoms with van der Waals surface area (Å²) in [6.45, 7) is 4.94. The molecule has 1 atom stereocenters. The molecule has 0 aliphatic heterocycles. The molecule has 4 nitrogen and oxygen atoms in total. The normalized spacial score (nSPS) is 12.3. The second kappa shape index (κ2) is 6.97. The van der Waals surface area contributed by atoms with Crippen molar-refractivity contribution in [3.63, 3.8) is 0 Å². The van der Waals surface area contributed by atoms with E-state index in [1.165, 1.54) is 10.9 Å². The highest BCUT2D eigenvalue weighted by atomic mass is 16.5. The zero-order valence-corrected chi connectivity index (χ0v) is 14.6. The average molecular weight is 325 g/mol. The van der Waals surface area contributed by atoms with Crippen LogP contribution in [-0.2, 0) is 6.54 Å². The molecular formula is C20H23NO3. The number of rotatable bonds is 6. The lowest BCUT2D eigenvalue weighted by atomic mass is 10.1. The molecule has 0 saturated carbocycles. The van der Waals surface area contributed by atoms with Gasteiger partial charge < -0.3 is 19.2 Å². The third kappa shape index (κ3) is 3.10. The molecule has 0 bridgehead atoms. The first-order chi connectivity index (χ1) is 11.6. The Hall–Kier alpha value is -2.46. The predicted molar refractivity (Wildman–Crippen MR) is 95.8 cm³/mol. The number of furan rings is 1. The number of hydrogen-bond donors (Lipinski definition) is 1. The fourth-order valence-electron chi connectivity index (χ4n) is 2.96. The van der Waals surface area contributed by atoms with Crippen molar-refractivity contribution in [1.82, 2.24) is 5.32 Å². The van der Waals surface area contributed by atoms with Crippen molar-refractivity contribution >= 4 is 11.0 Å². The van der Waals surface area contributed by atoms with E-state index in [1.54, 1.807) is 14.2 Å². The van der Waals surface area contributed by atoms with E-state index in [4.69, 9.17) is 13.9 Å². The van der Waals surface area contributed by atoms with Gasteiger partial charge in [-0.05, 0) is 43.2 Å². The van der Waals surface area contributed by atoms with E-state index in [0.717, 1.165) is 35.0 Å². The van der Waals surface area contributed by atoms with Crippen molar-refractivity contribution < 1.29 is 13.9 Å². The Morgan fingerprint density at radius 2 is 1.79 bits per heavy atom. The maximum Gasteiger partial charge on any atom is 0.161 e. The highest BCUT2D eigenvalue weighted by molar-refractivity contribution is 5.82. The van der Waals surface area contributed by atoms with Gasteiger partial charge >= 0.3 is 0 Å². The number of aryl methyl sites for hydroxylation is 1. The van der Waals surface area contributed by atoms with Gasteiger partial charge in [0.25, 0.3) is 0 Å². The molecule has 0 aliphatic carbocycles. The van der Waals surface area contributed by atoms with E-state index >= 15 is 0 Å². The molecule has 4 heteroatoms. The Bertz CT molecular complexity index is 838. The maximum absolute atomic E-state index is 6.02. The molecule has 1 heterocycles. The standard InChI is InChI=1S/C20H23NO3/c1-13-16-7-5-6-8-17(16)24-20(13)14(2)21-12-15-9-10-18(22-3)19(11-15)23-4/h5-11,14,21H,12H2,1-4H3. The molecule has 1 aromatic heterocycles. The van der Waals surface area contributed by atoms with Crippen LogP contribution in [0, 0.1) is 6.92 Å². The Kier molecular flexibility index (Phi) is 4.76.